The molecule has 0 fully saturated rings. The number of benzene rings is 4. The molecule has 1 aliphatic heterocycles. The van der Waals surface area contributed by atoms with E-state index in [0.29, 0.717) is 23.1 Å². The topological polar surface area (TPSA) is 115 Å². The number of aldehydes is 1. The van der Waals surface area contributed by atoms with Gasteiger partial charge in [-0.05, 0) is 41.8 Å². The van der Waals surface area contributed by atoms with E-state index in [1.807, 2.05) is 61.5 Å². The fourth-order valence-electron chi connectivity index (χ4n) is 5.33. The fourth-order valence-corrected chi connectivity index (χ4v) is 5.33. The van der Waals surface area contributed by atoms with Gasteiger partial charge in [0, 0.05) is 59.6 Å². The van der Waals surface area contributed by atoms with Crippen molar-refractivity contribution in [3.63, 3.8) is 0 Å². The molecule has 0 radical (unpaired) electrons. The molecule has 1 aliphatic rings. The Kier molecular flexibility index (Phi) is 7.77. The number of nitrogens with zero attached hydrogens (tertiary/aromatic N) is 2. The Morgan fingerprint density at radius 2 is 1.37 bits per heavy atom. The third kappa shape index (κ3) is 5.34. The Balaban J connectivity index is 1.63. The number of likely N-dealkylation sites (N-methyl/N-ethyl adjacent to an activating group) is 1. The smallest absolute Gasteiger partial charge is 0.258 e. The van der Waals surface area contributed by atoms with Crippen molar-refractivity contribution in [3.05, 3.63) is 132 Å². The van der Waals surface area contributed by atoms with Gasteiger partial charge in [0.1, 0.15) is 17.8 Å². The van der Waals surface area contributed by atoms with Crippen LogP contribution in [0.5, 0.6) is 11.5 Å². The molecule has 1 unspecified atom stereocenters. The monoisotopic (exact) mass is 572 g/mol. The molecule has 0 aliphatic carbocycles. The van der Waals surface area contributed by atoms with Crippen molar-refractivity contribution in [2.45, 2.75) is 12.3 Å². The van der Waals surface area contributed by atoms with E-state index in [1.54, 1.807) is 24.3 Å². The highest BCUT2D eigenvalue weighted by molar-refractivity contribution is 6.28. The molecule has 3 amide bonds. The zero-order valence-corrected chi connectivity index (χ0v) is 23.5. The Labute approximate surface area is 248 Å². The van der Waals surface area contributed by atoms with Crippen LogP contribution in [-0.2, 0) is 24.6 Å². The Hall–Kier alpha value is -5.76. The second kappa shape index (κ2) is 11.6. The van der Waals surface area contributed by atoms with E-state index in [-0.39, 0.29) is 17.2 Å². The van der Waals surface area contributed by atoms with Crippen LogP contribution in [0.25, 0.3) is 11.1 Å². The van der Waals surface area contributed by atoms with E-state index in [4.69, 9.17) is 0 Å². The van der Waals surface area contributed by atoms with Crippen LogP contribution in [-0.4, -0.2) is 41.3 Å². The van der Waals surface area contributed by atoms with Crippen molar-refractivity contribution >= 4 is 35.4 Å². The van der Waals surface area contributed by atoms with Crippen LogP contribution >= 0.6 is 0 Å². The predicted octanol–water partition coefficient (Wildman–Crippen LogP) is 5.27. The van der Waals surface area contributed by atoms with Crippen LogP contribution < -0.4 is 9.80 Å². The lowest BCUT2D eigenvalue weighted by molar-refractivity contribution is -0.120. The van der Waals surface area contributed by atoms with Crippen molar-refractivity contribution in [2.24, 2.45) is 0 Å². The SMILES string of the molecule is CN(C(=O)/C=C\C=O)c1ccc(C(C)(c2ccc(-c3ccccc3)cc2)c2ccc(N3C(=O)C=CC3=O)cc2O)c(O)c1. The van der Waals surface area contributed by atoms with Crippen LogP contribution in [0.3, 0.4) is 0 Å². The maximum absolute atomic E-state index is 12.4. The number of imide groups is 1. The van der Waals surface area contributed by atoms with Crippen LogP contribution in [0.1, 0.15) is 23.6 Å². The molecule has 4 aromatic rings. The molecule has 8 nitrogen and oxygen atoms in total. The third-order valence-corrected chi connectivity index (χ3v) is 7.71. The van der Waals surface area contributed by atoms with Gasteiger partial charge in [-0.25, -0.2) is 4.90 Å². The fraction of sp³-hybridized carbons (Fsp3) is 0.0857. The molecule has 1 atom stereocenters. The van der Waals surface area contributed by atoms with Gasteiger partial charge in [-0.1, -0.05) is 66.7 Å². The minimum absolute atomic E-state index is 0.135. The van der Waals surface area contributed by atoms with Crippen molar-refractivity contribution in [1.29, 1.82) is 0 Å². The Morgan fingerprint density at radius 1 is 0.791 bits per heavy atom. The zero-order valence-electron chi connectivity index (χ0n) is 23.5. The molecule has 214 valence electrons. The number of hydrogen-bond donors (Lipinski definition) is 2. The summed E-state index contributed by atoms with van der Waals surface area (Å²) >= 11 is 0. The first-order chi connectivity index (χ1) is 20.6. The third-order valence-electron chi connectivity index (χ3n) is 7.71. The molecule has 0 aromatic heterocycles. The summed E-state index contributed by atoms with van der Waals surface area (Å²) < 4.78 is 0. The van der Waals surface area contributed by atoms with Gasteiger partial charge in [-0.3, -0.25) is 19.2 Å². The first-order valence-electron chi connectivity index (χ1n) is 13.4. The van der Waals surface area contributed by atoms with E-state index in [0.717, 1.165) is 33.7 Å². The summed E-state index contributed by atoms with van der Waals surface area (Å²) in [5.41, 5.74) is 3.08. The Morgan fingerprint density at radius 3 is 1.95 bits per heavy atom. The quantitative estimate of drug-likeness (QED) is 0.129. The van der Waals surface area contributed by atoms with E-state index in [1.165, 1.54) is 36.2 Å². The highest BCUT2D eigenvalue weighted by Crippen LogP contribution is 2.47. The predicted molar refractivity (Wildman–Crippen MR) is 164 cm³/mol. The summed E-state index contributed by atoms with van der Waals surface area (Å²) in [6.07, 6.45) is 5.06. The summed E-state index contributed by atoms with van der Waals surface area (Å²) in [6.45, 7) is 1.85. The number of carbonyl (C=O) groups excluding carboxylic acids is 4. The average molecular weight is 573 g/mol. The van der Waals surface area contributed by atoms with Gasteiger partial charge < -0.3 is 15.1 Å². The second-order valence-electron chi connectivity index (χ2n) is 10.2. The zero-order chi connectivity index (χ0) is 30.7. The number of phenolic OH excluding ortho intramolecular Hbond substituents is 2. The van der Waals surface area contributed by atoms with Crippen molar-refractivity contribution in [1.82, 2.24) is 0 Å². The molecule has 5 rings (SSSR count). The maximum atomic E-state index is 12.4. The van der Waals surface area contributed by atoms with E-state index in [9.17, 15) is 29.4 Å². The highest BCUT2D eigenvalue weighted by Gasteiger charge is 2.37. The number of anilines is 2. The Bertz CT molecular complexity index is 1780. The summed E-state index contributed by atoms with van der Waals surface area (Å²) in [6, 6.07) is 26.9. The number of phenols is 2. The molecule has 0 saturated heterocycles. The minimum atomic E-state index is -1.13. The molecule has 43 heavy (non-hydrogen) atoms. The van der Waals surface area contributed by atoms with E-state index in [2.05, 4.69) is 0 Å². The lowest BCUT2D eigenvalue weighted by atomic mass is 9.70. The van der Waals surface area contributed by atoms with Gasteiger partial charge in [-0.2, -0.15) is 0 Å². The molecule has 4 aromatic carbocycles. The number of carbonyl (C=O) groups is 4. The number of aromatic hydroxyl groups is 2. The number of rotatable bonds is 8. The summed E-state index contributed by atoms with van der Waals surface area (Å²) in [4.78, 5) is 49.9. The molecular formula is C35H28N2O6. The van der Waals surface area contributed by atoms with Gasteiger partial charge in [-0.15, -0.1) is 0 Å². The van der Waals surface area contributed by atoms with Crippen LogP contribution in [0.4, 0.5) is 11.4 Å². The largest absolute Gasteiger partial charge is 0.508 e. The molecule has 8 heteroatoms. The van der Waals surface area contributed by atoms with Crippen LogP contribution in [0.15, 0.2) is 115 Å². The van der Waals surface area contributed by atoms with Gasteiger partial charge >= 0.3 is 0 Å². The van der Waals surface area contributed by atoms with Gasteiger partial charge in [0.05, 0.1) is 5.69 Å². The first kappa shape index (κ1) is 28.8. The van der Waals surface area contributed by atoms with Gasteiger partial charge in [0.15, 0.2) is 0 Å². The molecule has 1 heterocycles. The normalized spacial score (nSPS) is 14.2. The first-order valence-corrected chi connectivity index (χ1v) is 13.4. The summed E-state index contributed by atoms with van der Waals surface area (Å²) in [7, 11) is 1.52. The average Bonchev–Trinajstić information content (AvgIpc) is 3.36. The highest BCUT2D eigenvalue weighted by atomic mass is 16.3. The molecular weight excluding hydrogens is 544 g/mol. The van der Waals surface area contributed by atoms with Crippen molar-refractivity contribution in [3.8, 4) is 22.6 Å². The van der Waals surface area contributed by atoms with Crippen LogP contribution in [0.2, 0.25) is 0 Å². The van der Waals surface area contributed by atoms with Crippen LogP contribution in [0, 0.1) is 0 Å². The number of allylic oxidation sites excluding steroid dienone is 1. The van der Waals surface area contributed by atoms with Crippen molar-refractivity contribution < 1.29 is 29.4 Å². The summed E-state index contributed by atoms with van der Waals surface area (Å²) in [5.74, 6) is -1.79. The van der Waals surface area contributed by atoms with Crippen molar-refractivity contribution in [2.75, 3.05) is 16.8 Å². The minimum Gasteiger partial charge on any atom is -0.508 e. The van der Waals surface area contributed by atoms with E-state index < -0.39 is 23.1 Å². The van der Waals surface area contributed by atoms with E-state index >= 15 is 0 Å². The van der Waals surface area contributed by atoms with Gasteiger partial charge in [0.25, 0.3) is 17.7 Å². The van der Waals surface area contributed by atoms with Gasteiger partial charge in [0.2, 0.25) is 0 Å². The standard InChI is InChI=1S/C35H28N2O6/c1-35(25-12-10-24(11-13-25)23-7-4-3-5-8-23,28-16-14-26(21-30(28)39)36(2)32(41)9-6-20-38)29-17-15-27(22-31(29)40)37-33(42)18-19-34(37)43/h3-22,39-40H,1-2H3/b9-6-. The molecule has 0 bridgehead atoms. The summed E-state index contributed by atoms with van der Waals surface area (Å²) in [5, 5.41) is 22.7. The number of amides is 3. The number of hydrogen-bond acceptors (Lipinski definition) is 6. The molecule has 2 N–H and O–H groups in total. The lowest BCUT2D eigenvalue weighted by Crippen LogP contribution is -2.30. The second-order valence-corrected chi connectivity index (χ2v) is 10.2. The lowest BCUT2D eigenvalue weighted by Gasteiger charge is -2.34. The maximum Gasteiger partial charge on any atom is 0.258 e. The molecule has 0 saturated carbocycles. The molecule has 0 spiro atoms.